The van der Waals surface area contributed by atoms with E-state index in [1.54, 1.807) is 24.0 Å². The Kier molecular flexibility index (Phi) is 5.14. The van der Waals surface area contributed by atoms with Crippen LogP contribution in [0.2, 0.25) is 0 Å². The van der Waals surface area contributed by atoms with Crippen molar-refractivity contribution in [2.45, 2.75) is 10.6 Å². The predicted octanol–water partition coefficient (Wildman–Crippen LogP) is 3.85. The number of anilines is 1. The molecular weight excluding hydrogens is 386 g/mol. The quantitative estimate of drug-likeness (QED) is 0.517. The zero-order valence-corrected chi connectivity index (χ0v) is 16.4. The van der Waals surface area contributed by atoms with Gasteiger partial charge in [0.15, 0.2) is 0 Å². The minimum atomic E-state index is -0.394. The van der Waals surface area contributed by atoms with Gasteiger partial charge < -0.3 is 5.32 Å². The van der Waals surface area contributed by atoms with Gasteiger partial charge in [0.1, 0.15) is 0 Å². The molecule has 0 aliphatic carbocycles. The van der Waals surface area contributed by atoms with Crippen molar-refractivity contribution < 1.29 is 14.4 Å². The van der Waals surface area contributed by atoms with E-state index in [1.165, 1.54) is 19.2 Å². The summed E-state index contributed by atoms with van der Waals surface area (Å²) in [5.41, 5.74) is 2.71. The van der Waals surface area contributed by atoms with Crippen LogP contribution in [0.1, 0.15) is 36.6 Å². The highest BCUT2D eigenvalue weighted by atomic mass is 32.2. The van der Waals surface area contributed by atoms with Gasteiger partial charge in [0.2, 0.25) is 0 Å². The second-order valence-corrected chi connectivity index (χ2v) is 7.61. The average molecular weight is 403 g/mol. The van der Waals surface area contributed by atoms with Crippen molar-refractivity contribution in [3.8, 4) is 0 Å². The van der Waals surface area contributed by atoms with E-state index in [-0.39, 0.29) is 17.4 Å². The summed E-state index contributed by atoms with van der Waals surface area (Å²) in [6.45, 7) is 0. The molecule has 3 amide bonds. The van der Waals surface area contributed by atoms with Gasteiger partial charge in [0.25, 0.3) is 17.7 Å². The number of amides is 3. The Labute approximate surface area is 172 Å². The first-order valence-electron chi connectivity index (χ1n) is 8.92. The van der Waals surface area contributed by atoms with Gasteiger partial charge in [0.05, 0.1) is 11.1 Å². The lowest BCUT2D eigenvalue weighted by molar-refractivity contribution is 0.0693. The molecule has 6 nitrogen and oxygen atoms in total. The Morgan fingerprint density at radius 2 is 1.79 bits per heavy atom. The Balaban J connectivity index is 1.41. The summed E-state index contributed by atoms with van der Waals surface area (Å²) < 4.78 is 0. The zero-order chi connectivity index (χ0) is 20.4. The second kappa shape index (κ2) is 7.89. The summed E-state index contributed by atoms with van der Waals surface area (Å²) in [6.07, 6.45) is 3.59. The van der Waals surface area contributed by atoms with Crippen LogP contribution in [0.25, 0.3) is 0 Å². The van der Waals surface area contributed by atoms with E-state index >= 15 is 0 Å². The lowest BCUT2D eigenvalue weighted by atomic mass is 10.1. The fraction of sp³-hybridized carbons (Fsp3) is 0.0909. The Morgan fingerprint density at radius 1 is 1.03 bits per heavy atom. The fourth-order valence-corrected chi connectivity index (χ4v) is 3.82. The maximum absolute atomic E-state index is 12.5. The molecule has 2 heterocycles. The third kappa shape index (κ3) is 3.90. The number of benzene rings is 2. The Morgan fingerprint density at radius 3 is 2.52 bits per heavy atom. The van der Waals surface area contributed by atoms with Crippen molar-refractivity contribution in [2.75, 3.05) is 12.4 Å². The largest absolute Gasteiger partial charge is 0.322 e. The molecule has 1 aliphatic heterocycles. The second-order valence-electron chi connectivity index (χ2n) is 6.56. The van der Waals surface area contributed by atoms with E-state index in [2.05, 4.69) is 10.3 Å². The summed E-state index contributed by atoms with van der Waals surface area (Å²) in [5, 5.41) is 2.82. The van der Waals surface area contributed by atoms with Crippen molar-refractivity contribution in [3.63, 3.8) is 0 Å². The van der Waals surface area contributed by atoms with Crippen LogP contribution in [0.15, 0.2) is 71.9 Å². The zero-order valence-electron chi connectivity index (χ0n) is 15.6. The topological polar surface area (TPSA) is 79.4 Å². The number of hydrogen-bond acceptors (Lipinski definition) is 5. The highest BCUT2D eigenvalue weighted by Crippen LogP contribution is 2.25. The number of carbonyl (C=O) groups excluding carboxylic acids is 3. The van der Waals surface area contributed by atoms with Crippen LogP contribution >= 0.6 is 11.8 Å². The molecule has 4 rings (SSSR count). The number of nitrogens with zero attached hydrogens (tertiary/aromatic N) is 2. The molecular formula is C22H17N3O3S. The number of rotatable bonds is 5. The molecule has 3 aromatic rings. The van der Waals surface area contributed by atoms with Gasteiger partial charge >= 0.3 is 0 Å². The van der Waals surface area contributed by atoms with Crippen LogP contribution in [-0.2, 0) is 5.75 Å². The molecule has 1 N–H and O–H groups in total. The average Bonchev–Trinajstić information content (AvgIpc) is 2.97. The fourth-order valence-electron chi connectivity index (χ4n) is 2.99. The number of carbonyl (C=O) groups is 3. The van der Waals surface area contributed by atoms with Gasteiger partial charge in [-0.3, -0.25) is 24.3 Å². The molecule has 0 unspecified atom stereocenters. The number of thioether (sulfide) groups is 1. The Hall–Kier alpha value is -3.45. The van der Waals surface area contributed by atoms with Crippen LogP contribution in [0.4, 0.5) is 5.69 Å². The molecule has 7 heteroatoms. The highest BCUT2D eigenvalue weighted by Gasteiger charge is 2.33. The number of fused-ring (bicyclic) bond motifs is 1. The normalized spacial score (nSPS) is 12.8. The molecule has 0 atom stereocenters. The summed E-state index contributed by atoms with van der Waals surface area (Å²) in [5.74, 6) is -0.264. The van der Waals surface area contributed by atoms with E-state index in [4.69, 9.17) is 0 Å². The molecule has 0 bridgehead atoms. The molecule has 1 aromatic heterocycles. The van der Waals surface area contributed by atoms with Crippen molar-refractivity contribution in [3.05, 3.63) is 89.2 Å². The number of pyridine rings is 1. The molecule has 29 heavy (non-hydrogen) atoms. The van der Waals surface area contributed by atoms with E-state index < -0.39 is 5.91 Å². The molecule has 0 saturated carbocycles. The van der Waals surface area contributed by atoms with Crippen LogP contribution in [0.5, 0.6) is 0 Å². The lowest BCUT2D eigenvalue weighted by Gasteiger charge is -2.07. The maximum Gasteiger partial charge on any atom is 0.261 e. The van der Waals surface area contributed by atoms with Crippen LogP contribution < -0.4 is 5.32 Å². The number of hydrogen-bond donors (Lipinski definition) is 1. The van der Waals surface area contributed by atoms with Gasteiger partial charge in [-0.25, -0.2) is 0 Å². The van der Waals surface area contributed by atoms with Gasteiger partial charge in [0, 0.05) is 41.3 Å². The van der Waals surface area contributed by atoms with Crippen LogP contribution in [0.3, 0.4) is 0 Å². The molecule has 144 valence electrons. The summed E-state index contributed by atoms with van der Waals surface area (Å²) in [6, 6.07) is 16.0. The molecule has 0 fully saturated rings. The third-order valence-electron chi connectivity index (χ3n) is 4.59. The molecule has 0 saturated heterocycles. The van der Waals surface area contributed by atoms with Crippen LogP contribution in [-0.4, -0.2) is 34.7 Å². The maximum atomic E-state index is 12.5. The van der Waals surface area contributed by atoms with Crippen molar-refractivity contribution >= 4 is 35.2 Å². The van der Waals surface area contributed by atoms with Crippen LogP contribution in [0, 0.1) is 0 Å². The smallest absolute Gasteiger partial charge is 0.261 e. The van der Waals surface area contributed by atoms with E-state index in [0.29, 0.717) is 16.8 Å². The first-order chi connectivity index (χ1) is 14.0. The summed E-state index contributed by atoms with van der Waals surface area (Å²) in [7, 11) is 1.43. The monoisotopic (exact) mass is 403 g/mol. The number of aromatic nitrogens is 1. The molecule has 1 aliphatic rings. The highest BCUT2D eigenvalue weighted by molar-refractivity contribution is 7.98. The van der Waals surface area contributed by atoms with Gasteiger partial charge in [-0.15, -0.1) is 11.8 Å². The van der Waals surface area contributed by atoms with Gasteiger partial charge in [-0.1, -0.05) is 6.07 Å². The third-order valence-corrected chi connectivity index (χ3v) is 5.68. The van der Waals surface area contributed by atoms with E-state index in [9.17, 15) is 14.4 Å². The van der Waals surface area contributed by atoms with Crippen molar-refractivity contribution in [1.82, 2.24) is 9.88 Å². The van der Waals surface area contributed by atoms with Crippen molar-refractivity contribution in [1.29, 1.82) is 0 Å². The van der Waals surface area contributed by atoms with E-state index in [1.807, 2.05) is 42.6 Å². The minimum absolute atomic E-state index is 0.257. The molecule has 0 spiro atoms. The standard InChI is InChI=1S/C22H17N3O3S/c1-25-21(27)18-9-4-15(11-19(18)22(25)28)20(26)24-16-5-7-17(8-6-16)29-13-14-3-2-10-23-12-14/h2-12H,13H2,1H3,(H,24,26). The van der Waals surface area contributed by atoms with E-state index in [0.717, 1.165) is 21.1 Å². The first kappa shape index (κ1) is 18.9. The Bertz CT molecular complexity index is 1100. The minimum Gasteiger partial charge on any atom is -0.322 e. The molecule has 0 radical (unpaired) electrons. The van der Waals surface area contributed by atoms with Gasteiger partial charge in [-0.05, 0) is 54.1 Å². The molecule has 2 aromatic carbocycles. The number of imide groups is 1. The predicted molar refractivity (Wildman–Crippen MR) is 111 cm³/mol. The summed E-state index contributed by atoms with van der Waals surface area (Å²) in [4.78, 5) is 42.8. The summed E-state index contributed by atoms with van der Waals surface area (Å²) >= 11 is 1.68. The SMILES string of the molecule is CN1C(=O)c2ccc(C(=O)Nc3ccc(SCc4cccnc4)cc3)cc2C1=O. The lowest BCUT2D eigenvalue weighted by Crippen LogP contribution is -2.24. The first-order valence-corrected chi connectivity index (χ1v) is 9.91. The van der Waals surface area contributed by atoms with Crippen molar-refractivity contribution in [2.24, 2.45) is 0 Å². The van der Waals surface area contributed by atoms with Gasteiger partial charge in [-0.2, -0.15) is 0 Å². The number of nitrogens with one attached hydrogen (secondary N) is 1.